The zero-order chi connectivity index (χ0) is 13.4. The van der Waals surface area contributed by atoms with Gasteiger partial charge in [0.2, 0.25) is 0 Å². The summed E-state index contributed by atoms with van der Waals surface area (Å²) in [6.07, 6.45) is 2.65. The van der Waals surface area contributed by atoms with Crippen molar-refractivity contribution >= 4 is 16.8 Å². The number of rotatable bonds is 3. The van der Waals surface area contributed by atoms with Crippen LogP contribution in [-0.2, 0) is 11.2 Å². The second-order valence-electron chi connectivity index (χ2n) is 4.57. The number of benzene rings is 2. The summed E-state index contributed by atoms with van der Waals surface area (Å²) < 4.78 is 11.0. The highest BCUT2D eigenvalue weighted by atomic mass is 16.5. The number of hydrogen-bond donors (Lipinski definition) is 1. The molecule has 3 rings (SSSR count). The first-order valence-corrected chi connectivity index (χ1v) is 6.39. The molecule has 0 spiro atoms. The predicted molar refractivity (Wildman–Crippen MR) is 75.5 cm³/mol. The minimum Gasteiger partial charge on any atom is -0.507 e. The highest BCUT2D eigenvalue weighted by Crippen LogP contribution is 2.41. The second kappa shape index (κ2) is 4.50. The van der Waals surface area contributed by atoms with E-state index in [-0.39, 0.29) is 5.75 Å². The molecule has 3 heteroatoms. The summed E-state index contributed by atoms with van der Waals surface area (Å²) in [6, 6.07) is 7.78. The van der Waals surface area contributed by atoms with Crippen molar-refractivity contribution in [2.75, 3.05) is 13.7 Å². The molecule has 0 heterocycles. The Kier molecular flexibility index (Phi) is 2.82. The van der Waals surface area contributed by atoms with E-state index < -0.39 is 0 Å². The second-order valence-corrected chi connectivity index (χ2v) is 4.57. The normalized spacial score (nSPS) is 13.3. The Hall–Kier alpha value is -2.16. The Bertz CT molecular complexity index is 671. The molecule has 0 atom stereocenters. The van der Waals surface area contributed by atoms with Gasteiger partial charge in [0.25, 0.3) is 0 Å². The smallest absolute Gasteiger partial charge is 0.130 e. The molecule has 0 fully saturated rings. The largest absolute Gasteiger partial charge is 0.507 e. The monoisotopic (exact) mass is 256 g/mol. The van der Waals surface area contributed by atoms with Crippen LogP contribution in [0, 0.1) is 0 Å². The van der Waals surface area contributed by atoms with Crippen molar-refractivity contribution in [3.8, 4) is 11.5 Å². The first-order chi connectivity index (χ1) is 9.24. The molecule has 98 valence electrons. The van der Waals surface area contributed by atoms with Crippen LogP contribution in [0.15, 0.2) is 30.0 Å². The van der Waals surface area contributed by atoms with Gasteiger partial charge < -0.3 is 14.6 Å². The van der Waals surface area contributed by atoms with Crippen LogP contribution in [0.1, 0.15) is 18.1 Å². The van der Waals surface area contributed by atoms with Gasteiger partial charge in [-0.2, -0.15) is 0 Å². The fraction of sp³-hybridized carbons (Fsp3) is 0.250. The average molecular weight is 256 g/mol. The van der Waals surface area contributed by atoms with Crippen LogP contribution in [0.2, 0.25) is 0 Å². The van der Waals surface area contributed by atoms with Gasteiger partial charge in [-0.05, 0) is 18.6 Å². The van der Waals surface area contributed by atoms with Gasteiger partial charge in [-0.25, -0.2) is 0 Å². The van der Waals surface area contributed by atoms with Crippen molar-refractivity contribution in [1.82, 2.24) is 0 Å². The molecule has 0 saturated carbocycles. The van der Waals surface area contributed by atoms with Gasteiger partial charge in [-0.1, -0.05) is 18.2 Å². The molecule has 1 aliphatic rings. The maximum absolute atomic E-state index is 10.2. The molecule has 2 aromatic rings. The first-order valence-electron chi connectivity index (χ1n) is 6.39. The number of methoxy groups -OCH3 is 1. The Morgan fingerprint density at radius 2 is 2.16 bits per heavy atom. The topological polar surface area (TPSA) is 38.7 Å². The Morgan fingerprint density at radius 1 is 1.32 bits per heavy atom. The third-order valence-electron chi connectivity index (χ3n) is 3.46. The summed E-state index contributed by atoms with van der Waals surface area (Å²) in [5.41, 5.74) is 1.97. The Labute approximate surface area is 112 Å². The van der Waals surface area contributed by atoms with E-state index in [4.69, 9.17) is 9.47 Å². The fourth-order valence-corrected chi connectivity index (χ4v) is 2.63. The van der Waals surface area contributed by atoms with E-state index in [2.05, 4.69) is 6.07 Å². The van der Waals surface area contributed by atoms with Crippen molar-refractivity contribution in [3.63, 3.8) is 0 Å². The van der Waals surface area contributed by atoms with Gasteiger partial charge in [0.05, 0.1) is 13.7 Å². The summed E-state index contributed by atoms with van der Waals surface area (Å²) in [6.45, 7) is 2.52. The van der Waals surface area contributed by atoms with E-state index in [1.165, 1.54) is 0 Å². The van der Waals surface area contributed by atoms with Gasteiger partial charge in [-0.3, -0.25) is 0 Å². The lowest BCUT2D eigenvalue weighted by molar-refractivity contribution is 0.287. The quantitative estimate of drug-likeness (QED) is 0.913. The maximum Gasteiger partial charge on any atom is 0.130 e. The molecule has 0 amide bonds. The van der Waals surface area contributed by atoms with E-state index >= 15 is 0 Å². The molecule has 0 radical (unpaired) electrons. The predicted octanol–water partition coefficient (Wildman–Crippen LogP) is 3.49. The number of hydrogen-bond acceptors (Lipinski definition) is 3. The third-order valence-corrected chi connectivity index (χ3v) is 3.46. The van der Waals surface area contributed by atoms with E-state index in [1.54, 1.807) is 13.2 Å². The number of aromatic hydroxyl groups is 1. The molecule has 3 nitrogen and oxygen atoms in total. The highest BCUT2D eigenvalue weighted by molar-refractivity contribution is 6.01. The van der Waals surface area contributed by atoms with Crippen molar-refractivity contribution in [2.24, 2.45) is 0 Å². The van der Waals surface area contributed by atoms with Crippen molar-refractivity contribution in [3.05, 3.63) is 41.2 Å². The molecule has 0 saturated heterocycles. The minimum atomic E-state index is 0.234. The average Bonchev–Trinajstić information content (AvgIpc) is 2.43. The number of phenols is 1. The minimum absolute atomic E-state index is 0.234. The lowest BCUT2D eigenvalue weighted by Crippen LogP contribution is -2.02. The lowest BCUT2D eigenvalue weighted by Gasteiger charge is -2.20. The van der Waals surface area contributed by atoms with Crippen LogP contribution in [0.3, 0.4) is 0 Å². The lowest BCUT2D eigenvalue weighted by atomic mass is 9.91. The van der Waals surface area contributed by atoms with Crippen LogP contribution in [-0.4, -0.2) is 18.8 Å². The van der Waals surface area contributed by atoms with E-state index in [9.17, 15) is 5.11 Å². The Balaban J connectivity index is 2.35. The van der Waals surface area contributed by atoms with Gasteiger partial charge >= 0.3 is 0 Å². The highest BCUT2D eigenvalue weighted by Gasteiger charge is 2.19. The third kappa shape index (κ3) is 1.82. The van der Waals surface area contributed by atoms with Crippen LogP contribution < -0.4 is 4.74 Å². The van der Waals surface area contributed by atoms with Gasteiger partial charge in [-0.15, -0.1) is 0 Å². The summed E-state index contributed by atoms with van der Waals surface area (Å²) in [7, 11) is 1.66. The van der Waals surface area contributed by atoms with E-state index in [1.807, 2.05) is 25.1 Å². The van der Waals surface area contributed by atoms with E-state index in [0.717, 1.165) is 39.8 Å². The summed E-state index contributed by atoms with van der Waals surface area (Å²) in [4.78, 5) is 0. The van der Waals surface area contributed by atoms with Gasteiger partial charge in [0, 0.05) is 28.8 Å². The molecule has 2 aromatic carbocycles. The van der Waals surface area contributed by atoms with Crippen LogP contribution in [0.25, 0.3) is 16.8 Å². The zero-order valence-corrected chi connectivity index (χ0v) is 11.1. The Morgan fingerprint density at radius 3 is 2.89 bits per heavy atom. The summed E-state index contributed by atoms with van der Waals surface area (Å²) >= 11 is 0. The molecule has 0 unspecified atom stereocenters. The molecule has 1 aliphatic carbocycles. The zero-order valence-electron chi connectivity index (χ0n) is 11.1. The molecule has 0 bridgehead atoms. The SMILES string of the molecule is CCOc1cc(O)c2c3c(cccc13)CC(OC)=C2. The molecule has 19 heavy (non-hydrogen) atoms. The number of phenolic OH excluding ortho intramolecular Hbond substituents is 1. The van der Waals surface area contributed by atoms with Crippen LogP contribution in [0.5, 0.6) is 11.5 Å². The number of ether oxygens (including phenoxy) is 2. The van der Waals surface area contributed by atoms with Crippen LogP contribution in [0.4, 0.5) is 0 Å². The van der Waals surface area contributed by atoms with Crippen molar-refractivity contribution in [1.29, 1.82) is 0 Å². The van der Waals surface area contributed by atoms with Crippen LogP contribution >= 0.6 is 0 Å². The van der Waals surface area contributed by atoms with E-state index in [0.29, 0.717) is 6.61 Å². The first kappa shape index (κ1) is 11.9. The van der Waals surface area contributed by atoms with Gasteiger partial charge in [0.15, 0.2) is 0 Å². The molecule has 1 N–H and O–H groups in total. The van der Waals surface area contributed by atoms with Crippen molar-refractivity contribution < 1.29 is 14.6 Å². The summed E-state index contributed by atoms with van der Waals surface area (Å²) in [5.74, 6) is 1.83. The number of allylic oxidation sites excluding steroid dienone is 1. The fourth-order valence-electron chi connectivity index (χ4n) is 2.63. The molecule has 0 aliphatic heterocycles. The van der Waals surface area contributed by atoms with Crippen molar-refractivity contribution in [2.45, 2.75) is 13.3 Å². The summed E-state index contributed by atoms with van der Waals surface area (Å²) in [5, 5.41) is 12.3. The standard InChI is InChI=1S/C16H16O3/c1-3-19-15-9-14(17)13-8-11(18-2)7-10-5-4-6-12(15)16(10)13/h4-6,8-9,17H,3,7H2,1-2H3. The van der Waals surface area contributed by atoms with Gasteiger partial charge in [0.1, 0.15) is 17.3 Å². The molecule has 0 aromatic heterocycles. The molecular formula is C16H16O3. The maximum atomic E-state index is 10.2. The molecular weight excluding hydrogens is 240 g/mol.